The second kappa shape index (κ2) is 7.90. The number of benzene rings is 1. The van der Waals surface area contributed by atoms with Gasteiger partial charge < -0.3 is 15.7 Å². The third-order valence-corrected chi connectivity index (χ3v) is 3.18. The molecule has 2 atom stereocenters. The fourth-order valence-corrected chi connectivity index (χ4v) is 1.92. The van der Waals surface area contributed by atoms with Gasteiger partial charge in [-0.2, -0.15) is 0 Å². The Hall–Kier alpha value is -1.55. The average Bonchev–Trinajstić information content (AvgIpc) is 2.36. The molecule has 3 N–H and O–H groups in total. The van der Waals surface area contributed by atoms with Crippen molar-refractivity contribution in [2.24, 2.45) is 5.92 Å². The molecule has 4 heteroatoms. The molecule has 0 aliphatic carbocycles. The van der Waals surface area contributed by atoms with E-state index in [0.717, 1.165) is 18.4 Å². The molecule has 112 valence electrons. The zero-order valence-corrected chi connectivity index (χ0v) is 12.8. The Morgan fingerprint density at radius 1 is 1.20 bits per heavy atom. The molecule has 4 nitrogen and oxygen atoms in total. The first-order valence-corrected chi connectivity index (χ1v) is 7.24. The highest BCUT2D eigenvalue weighted by molar-refractivity contribution is 5.89. The van der Waals surface area contributed by atoms with Crippen LogP contribution in [-0.4, -0.2) is 17.2 Å². The van der Waals surface area contributed by atoms with Gasteiger partial charge in [0, 0.05) is 11.7 Å². The monoisotopic (exact) mass is 278 g/mol. The number of rotatable bonds is 6. The first-order chi connectivity index (χ1) is 9.38. The van der Waals surface area contributed by atoms with Gasteiger partial charge in [0.05, 0.1) is 6.10 Å². The average molecular weight is 278 g/mol. The molecule has 1 rings (SSSR count). The lowest BCUT2D eigenvalue weighted by Gasteiger charge is -2.16. The summed E-state index contributed by atoms with van der Waals surface area (Å²) < 4.78 is 0. The van der Waals surface area contributed by atoms with Gasteiger partial charge in [0.25, 0.3) is 0 Å². The Morgan fingerprint density at radius 2 is 1.90 bits per heavy atom. The van der Waals surface area contributed by atoms with Gasteiger partial charge in [-0.25, -0.2) is 4.79 Å². The zero-order valence-electron chi connectivity index (χ0n) is 12.8. The largest absolute Gasteiger partial charge is 0.389 e. The van der Waals surface area contributed by atoms with Crippen LogP contribution < -0.4 is 10.6 Å². The van der Waals surface area contributed by atoms with E-state index in [-0.39, 0.29) is 12.1 Å². The molecule has 0 aromatic heterocycles. The fourth-order valence-electron chi connectivity index (χ4n) is 1.92. The van der Waals surface area contributed by atoms with Gasteiger partial charge >= 0.3 is 6.03 Å². The molecule has 0 radical (unpaired) electrons. The Bertz CT molecular complexity index is 430. The van der Waals surface area contributed by atoms with Crippen LogP contribution in [0.25, 0.3) is 0 Å². The molecule has 2 amide bonds. The number of carbonyl (C=O) groups excluding carboxylic acids is 1. The second-order valence-electron chi connectivity index (χ2n) is 5.77. The molecule has 0 spiro atoms. The zero-order chi connectivity index (χ0) is 15.1. The number of aliphatic hydroxyl groups excluding tert-OH is 1. The van der Waals surface area contributed by atoms with E-state index in [1.54, 1.807) is 13.0 Å². The molecule has 1 aromatic rings. The summed E-state index contributed by atoms with van der Waals surface area (Å²) in [6, 6.07) is 7.19. The van der Waals surface area contributed by atoms with E-state index >= 15 is 0 Å². The number of aliphatic hydroxyl groups is 1. The minimum absolute atomic E-state index is 0.150. The summed E-state index contributed by atoms with van der Waals surface area (Å²) in [4.78, 5) is 11.9. The van der Waals surface area contributed by atoms with Crippen LogP contribution in [-0.2, 0) is 0 Å². The predicted molar refractivity (Wildman–Crippen MR) is 82.8 cm³/mol. The van der Waals surface area contributed by atoms with Crippen LogP contribution >= 0.6 is 0 Å². The van der Waals surface area contributed by atoms with E-state index in [9.17, 15) is 9.90 Å². The smallest absolute Gasteiger partial charge is 0.319 e. The van der Waals surface area contributed by atoms with Gasteiger partial charge in [0.15, 0.2) is 0 Å². The van der Waals surface area contributed by atoms with Crippen molar-refractivity contribution in [1.82, 2.24) is 5.32 Å². The molecule has 0 saturated heterocycles. The van der Waals surface area contributed by atoms with Gasteiger partial charge in [0.2, 0.25) is 0 Å². The lowest BCUT2D eigenvalue weighted by atomic mass is 10.0. The van der Waals surface area contributed by atoms with Crippen LogP contribution in [0.4, 0.5) is 10.5 Å². The van der Waals surface area contributed by atoms with Crippen LogP contribution in [0.15, 0.2) is 24.3 Å². The molecular weight excluding hydrogens is 252 g/mol. The Morgan fingerprint density at radius 3 is 2.50 bits per heavy atom. The molecule has 0 aliphatic heterocycles. The molecule has 20 heavy (non-hydrogen) atoms. The van der Waals surface area contributed by atoms with E-state index in [2.05, 4.69) is 24.5 Å². The van der Waals surface area contributed by atoms with Crippen LogP contribution in [0.1, 0.15) is 52.2 Å². The normalized spacial score (nSPS) is 13.9. The minimum Gasteiger partial charge on any atom is -0.389 e. The van der Waals surface area contributed by atoms with Crippen molar-refractivity contribution in [3.8, 4) is 0 Å². The molecule has 0 fully saturated rings. The molecular formula is C16H26N2O2. The summed E-state index contributed by atoms with van der Waals surface area (Å²) in [5.41, 5.74) is 1.48. The van der Waals surface area contributed by atoms with E-state index in [4.69, 9.17) is 0 Å². The van der Waals surface area contributed by atoms with Gasteiger partial charge in [-0.1, -0.05) is 26.0 Å². The molecule has 2 unspecified atom stereocenters. The number of amides is 2. The maximum absolute atomic E-state index is 11.9. The van der Waals surface area contributed by atoms with Gasteiger partial charge in [-0.15, -0.1) is 0 Å². The van der Waals surface area contributed by atoms with Crippen molar-refractivity contribution in [3.05, 3.63) is 29.8 Å². The first-order valence-electron chi connectivity index (χ1n) is 7.24. The molecule has 0 bridgehead atoms. The molecule has 0 saturated carbocycles. The molecule has 0 heterocycles. The highest BCUT2D eigenvalue weighted by Crippen LogP contribution is 2.17. The van der Waals surface area contributed by atoms with Crippen LogP contribution in [0.3, 0.4) is 0 Å². The molecule has 0 aliphatic rings. The van der Waals surface area contributed by atoms with Gasteiger partial charge in [0.1, 0.15) is 0 Å². The number of hydrogen-bond donors (Lipinski definition) is 3. The number of nitrogens with one attached hydrogen (secondary N) is 2. The van der Waals surface area contributed by atoms with Crippen molar-refractivity contribution in [2.45, 2.75) is 52.7 Å². The standard InChI is InChI=1S/C16H26N2O2/c1-11(2)8-9-12(3)17-16(20)18-15-7-5-6-14(10-15)13(4)19/h5-7,10-13,19H,8-9H2,1-4H3,(H2,17,18,20). The lowest BCUT2D eigenvalue weighted by molar-refractivity contribution is 0.199. The predicted octanol–water partition coefficient (Wildman–Crippen LogP) is 3.69. The van der Waals surface area contributed by atoms with Crippen molar-refractivity contribution in [3.63, 3.8) is 0 Å². The van der Waals surface area contributed by atoms with Crippen molar-refractivity contribution in [2.75, 3.05) is 5.32 Å². The topological polar surface area (TPSA) is 61.4 Å². The van der Waals surface area contributed by atoms with E-state index < -0.39 is 6.10 Å². The number of anilines is 1. The van der Waals surface area contributed by atoms with Gasteiger partial charge in [-0.3, -0.25) is 0 Å². The summed E-state index contributed by atoms with van der Waals surface area (Å²) in [5.74, 6) is 0.644. The lowest BCUT2D eigenvalue weighted by Crippen LogP contribution is -2.36. The minimum atomic E-state index is -0.537. The van der Waals surface area contributed by atoms with Crippen LogP contribution in [0.2, 0.25) is 0 Å². The van der Waals surface area contributed by atoms with E-state index in [0.29, 0.717) is 11.6 Å². The summed E-state index contributed by atoms with van der Waals surface area (Å²) in [7, 11) is 0. The van der Waals surface area contributed by atoms with E-state index in [1.165, 1.54) is 0 Å². The number of urea groups is 1. The fraction of sp³-hybridized carbons (Fsp3) is 0.562. The van der Waals surface area contributed by atoms with Gasteiger partial charge in [-0.05, 0) is 50.3 Å². The number of hydrogen-bond acceptors (Lipinski definition) is 2. The van der Waals surface area contributed by atoms with Crippen molar-refractivity contribution < 1.29 is 9.90 Å². The maximum Gasteiger partial charge on any atom is 0.319 e. The highest BCUT2D eigenvalue weighted by atomic mass is 16.3. The Balaban J connectivity index is 2.47. The third kappa shape index (κ3) is 6.06. The number of carbonyl (C=O) groups is 1. The third-order valence-electron chi connectivity index (χ3n) is 3.18. The SMILES string of the molecule is CC(C)CCC(C)NC(=O)Nc1cccc(C(C)O)c1. The summed E-state index contributed by atoms with van der Waals surface area (Å²) in [6.45, 7) is 8.06. The first kappa shape index (κ1) is 16.5. The second-order valence-corrected chi connectivity index (χ2v) is 5.77. The van der Waals surface area contributed by atoms with Crippen molar-refractivity contribution in [1.29, 1.82) is 0 Å². The van der Waals surface area contributed by atoms with Crippen LogP contribution in [0.5, 0.6) is 0 Å². The van der Waals surface area contributed by atoms with Crippen LogP contribution in [0, 0.1) is 5.92 Å². The quantitative estimate of drug-likeness (QED) is 0.743. The van der Waals surface area contributed by atoms with Crippen molar-refractivity contribution >= 4 is 11.7 Å². The summed E-state index contributed by atoms with van der Waals surface area (Å²) >= 11 is 0. The summed E-state index contributed by atoms with van der Waals surface area (Å²) in [6.07, 6.45) is 1.53. The Kier molecular flexibility index (Phi) is 6.52. The van der Waals surface area contributed by atoms with E-state index in [1.807, 2.05) is 25.1 Å². The maximum atomic E-state index is 11.9. The Labute approximate surface area is 121 Å². The molecule has 1 aromatic carbocycles. The highest BCUT2D eigenvalue weighted by Gasteiger charge is 2.09. The summed E-state index contributed by atoms with van der Waals surface area (Å²) in [5, 5.41) is 15.2.